The Morgan fingerprint density at radius 1 is 1.07 bits per heavy atom. The van der Waals surface area contributed by atoms with E-state index in [1.54, 1.807) is 12.1 Å². The Balaban J connectivity index is 1.61. The first-order valence-corrected chi connectivity index (χ1v) is 8.61. The molecule has 3 rings (SSSR count). The second-order valence-corrected chi connectivity index (χ2v) is 5.95. The zero-order valence-corrected chi connectivity index (χ0v) is 15.6. The number of phenols is 1. The third-order valence-corrected chi connectivity index (χ3v) is 4.13. The van der Waals surface area contributed by atoms with E-state index in [1.807, 2.05) is 42.5 Å². The monoisotopic (exact) mass is 379 g/mol. The summed E-state index contributed by atoms with van der Waals surface area (Å²) in [7, 11) is 2.88. The number of rotatable bonds is 7. The van der Waals surface area contributed by atoms with E-state index in [0.717, 1.165) is 16.5 Å². The Morgan fingerprint density at radius 2 is 1.75 bits per heavy atom. The van der Waals surface area contributed by atoms with Crippen molar-refractivity contribution in [3.05, 3.63) is 60.2 Å². The van der Waals surface area contributed by atoms with Gasteiger partial charge >= 0.3 is 0 Å². The van der Waals surface area contributed by atoms with E-state index in [1.165, 1.54) is 20.4 Å². The Bertz CT molecular complexity index is 987. The molecular formula is C21H21N3O4. The Hall–Kier alpha value is -3.74. The van der Waals surface area contributed by atoms with E-state index >= 15 is 0 Å². The van der Waals surface area contributed by atoms with Crippen molar-refractivity contribution in [2.45, 2.75) is 0 Å². The number of hydrazone groups is 1. The van der Waals surface area contributed by atoms with E-state index in [4.69, 9.17) is 9.47 Å². The molecule has 144 valence electrons. The molecule has 0 saturated heterocycles. The number of benzene rings is 3. The van der Waals surface area contributed by atoms with Crippen LogP contribution in [0.2, 0.25) is 0 Å². The van der Waals surface area contributed by atoms with Crippen molar-refractivity contribution in [3.63, 3.8) is 0 Å². The molecule has 0 heterocycles. The number of aromatic hydroxyl groups is 1. The van der Waals surface area contributed by atoms with Gasteiger partial charge in [-0.1, -0.05) is 36.4 Å². The minimum absolute atomic E-state index is 0.0770. The van der Waals surface area contributed by atoms with Crippen molar-refractivity contribution in [3.8, 4) is 17.2 Å². The molecule has 3 N–H and O–H groups in total. The van der Waals surface area contributed by atoms with Crippen LogP contribution in [0, 0.1) is 0 Å². The van der Waals surface area contributed by atoms with Gasteiger partial charge in [-0.2, -0.15) is 5.10 Å². The lowest BCUT2D eigenvalue weighted by atomic mass is 10.1. The van der Waals surface area contributed by atoms with Gasteiger partial charge in [-0.05, 0) is 23.6 Å². The maximum absolute atomic E-state index is 12.1. The molecule has 1 amide bonds. The summed E-state index contributed by atoms with van der Waals surface area (Å²) in [5, 5.41) is 19.1. The van der Waals surface area contributed by atoms with E-state index in [9.17, 15) is 9.90 Å². The molecule has 7 nitrogen and oxygen atoms in total. The highest BCUT2D eigenvalue weighted by atomic mass is 16.5. The standard InChI is InChI=1S/C21H21N3O4/c1-27-18-10-14(11-19(28-2)21(18)26)12-23-24-20(25)13-22-17-9-5-7-15-6-3-4-8-16(15)17/h3-12,22,26H,13H2,1-2H3,(H,24,25)/b23-12-. The average molecular weight is 379 g/mol. The van der Waals surface area contributed by atoms with Gasteiger partial charge in [-0.15, -0.1) is 0 Å². The van der Waals surface area contributed by atoms with Crippen molar-refractivity contribution >= 4 is 28.6 Å². The number of hydrogen-bond acceptors (Lipinski definition) is 6. The lowest BCUT2D eigenvalue weighted by molar-refractivity contribution is -0.119. The summed E-state index contributed by atoms with van der Waals surface area (Å²) in [5.74, 6) is 0.127. The summed E-state index contributed by atoms with van der Waals surface area (Å²) in [6.07, 6.45) is 1.44. The summed E-state index contributed by atoms with van der Waals surface area (Å²) in [6, 6.07) is 17.0. The molecular weight excluding hydrogens is 358 g/mol. The number of fused-ring (bicyclic) bond motifs is 1. The third kappa shape index (κ3) is 4.32. The zero-order chi connectivity index (χ0) is 19.9. The van der Waals surface area contributed by atoms with Crippen LogP contribution in [0.4, 0.5) is 5.69 Å². The first-order valence-electron chi connectivity index (χ1n) is 8.61. The highest BCUT2D eigenvalue weighted by Crippen LogP contribution is 2.36. The SMILES string of the molecule is COc1cc(/C=N\NC(=O)CNc2cccc3ccccc23)cc(OC)c1O. The molecule has 0 bridgehead atoms. The van der Waals surface area contributed by atoms with Crippen LogP contribution in [0.15, 0.2) is 59.7 Å². The predicted molar refractivity (Wildman–Crippen MR) is 109 cm³/mol. The molecule has 3 aromatic rings. The van der Waals surface area contributed by atoms with Gasteiger partial charge in [0.15, 0.2) is 11.5 Å². The second kappa shape index (κ2) is 8.77. The molecule has 0 saturated carbocycles. The summed E-state index contributed by atoms with van der Waals surface area (Å²) in [6.45, 7) is 0.0770. The van der Waals surface area contributed by atoms with Crippen LogP contribution in [0.5, 0.6) is 17.2 Å². The molecule has 3 aromatic carbocycles. The summed E-state index contributed by atoms with van der Waals surface area (Å²) in [4.78, 5) is 12.1. The molecule has 0 aliphatic rings. The van der Waals surface area contributed by atoms with Gasteiger partial charge in [0.1, 0.15) is 0 Å². The molecule has 0 fully saturated rings. The predicted octanol–water partition coefficient (Wildman–Crippen LogP) is 3.12. The largest absolute Gasteiger partial charge is 0.502 e. The molecule has 7 heteroatoms. The van der Waals surface area contributed by atoms with Gasteiger partial charge in [-0.25, -0.2) is 5.43 Å². The number of phenolic OH excluding ortho intramolecular Hbond substituents is 1. The van der Waals surface area contributed by atoms with Crippen molar-refractivity contribution < 1.29 is 19.4 Å². The van der Waals surface area contributed by atoms with Gasteiger partial charge in [0.25, 0.3) is 5.91 Å². The molecule has 0 spiro atoms. The third-order valence-electron chi connectivity index (χ3n) is 4.13. The smallest absolute Gasteiger partial charge is 0.259 e. The van der Waals surface area contributed by atoms with Crippen LogP contribution in [0.25, 0.3) is 10.8 Å². The van der Waals surface area contributed by atoms with Crippen molar-refractivity contribution in [2.75, 3.05) is 26.1 Å². The molecule has 0 unspecified atom stereocenters. The van der Waals surface area contributed by atoms with Gasteiger partial charge in [-0.3, -0.25) is 4.79 Å². The van der Waals surface area contributed by atoms with Crippen molar-refractivity contribution in [2.24, 2.45) is 5.10 Å². The maximum atomic E-state index is 12.1. The Kier molecular flexibility index (Phi) is 5.96. The van der Waals surface area contributed by atoms with Crippen LogP contribution >= 0.6 is 0 Å². The van der Waals surface area contributed by atoms with Gasteiger partial charge in [0.05, 0.1) is 27.0 Å². The van der Waals surface area contributed by atoms with Gasteiger partial charge in [0.2, 0.25) is 5.75 Å². The molecule has 28 heavy (non-hydrogen) atoms. The summed E-state index contributed by atoms with van der Waals surface area (Å²) >= 11 is 0. The number of nitrogens with one attached hydrogen (secondary N) is 2. The van der Waals surface area contributed by atoms with Crippen LogP contribution in [-0.2, 0) is 4.79 Å². The zero-order valence-electron chi connectivity index (χ0n) is 15.6. The van der Waals surface area contributed by atoms with Crippen LogP contribution in [0.1, 0.15) is 5.56 Å². The number of carbonyl (C=O) groups is 1. The number of carbonyl (C=O) groups excluding carboxylic acids is 1. The number of nitrogens with zero attached hydrogens (tertiary/aromatic N) is 1. The fraction of sp³-hybridized carbons (Fsp3) is 0.143. The van der Waals surface area contributed by atoms with Crippen molar-refractivity contribution in [1.82, 2.24) is 5.43 Å². The molecule has 0 aliphatic heterocycles. The van der Waals surface area contributed by atoms with Crippen LogP contribution in [-0.4, -0.2) is 38.0 Å². The topological polar surface area (TPSA) is 92.2 Å². The molecule has 0 aliphatic carbocycles. The normalized spacial score (nSPS) is 10.8. The number of hydrogen-bond donors (Lipinski definition) is 3. The number of amides is 1. The second-order valence-electron chi connectivity index (χ2n) is 5.95. The van der Waals surface area contributed by atoms with Gasteiger partial charge in [0, 0.05) is 16.6 Å². The minimum Gasteiger partial charge on any atom is -0.502 e. The van der Waals surface area contributed by atoms with Gasteiger partial charge < -0.3 is 19.9 Å². The lowest BCUT2D eigenvalue weighted by Gasteiger charge is -2.09. The highest BCUT2D eigenvalue weighted by molar-refractivity contribution is 5.95. The Labute approximate surface area is 162 Å². The lowest BCUT2D eigenvalue weighted by Crippen LogP contribution is -2.25. The minimum atomic E-state index is -0.290. The number of methoxy groups -OCH3 is 2. The number of anilines is 1. The van der Waals surface area contributed by atoms with E-state index in [0.29, 0.717) is 5.56 Å². The average Bonchev–Trinajstić information content (AvgIpc) is 2.73. The molecule has 0 radical (unpaired) electrons. The fourth-order valence-corrected chi connectivity index (χ4v) is 2.76. The van der Waals surface area contributed by atoms with E-state index in [-0.39, 0.29) is 29.7 Å². The van der Waals surface area contributed by atoms with Crippen LogP contribution in [0.3, 0.4) is 0 Å². The fourth-order valence-electron chi connectivity index (χ4n) is 2.76. The quantitative estimate of drug-likeness (QED) is 0.433. The van der Waals surface area contributed by atoms with Crippen LogP contribution < -0.4 is 20.2 Å². The summed E-state index contributed by atoms with van der Waals surface area (Å²) in [5.41, 5.74) is 3.95. The first kappa shape index (κ1) is 19.0. The molecule has 0 aromatic heterocycles. The first-order chi connectivity index (χ1) is 13.6. The highest BCUT2D eigenvalue weighted by Gasteiger charge is 2.10. The Morgan fingerprint density at radius 3 is 2.46 bits per heavy atom. The number of ether oxygens (including phenoxy) is 2. The van der Waals surface area contributed by atoms with E-state index < -0.39 is 0 Å². The van der Waals surface area contributed by atoms with E-state index in [2.05, 4.69) is 15.8 Å². The van der Waals surface area contributed by atoms with Crippen molar-refractivity contribution in [1.29, 1.82) is 0 Å². The molecule has 0 atom stereocenters. The summed E-state index contributed by atoms with van der Waals surface area (Å²) < 4.78 is 10.2. The maximum Gasteiger partial charge on any atom is 0.259 e.